The number of ether oxygens (including phenoxy) is 1. The Balaban J connectivity index is 3.42. The summed E-state index contributed by atoms with van der Waals surface area (Å²) in [7, 11) is 0. The first-order chi connectivity index (χ1) is 7.84. The molecule has 0 unspecified atom stereocenters. The van der Waals surface area contributed by atoms with Crippen LogP contribution in [0.4, 0.5) is 13.2 Å². The highest BCUT2D eigenvalue weighted by atomic mass is 79.9. The van der Waals surface area contributed by atoms with Gasteiger partial charge in [0.15, 0.2) is 0 Å². The first-order valence-corrected chi connectivity index (χ1v) is 6.05. The molecule has 3 nitrogen and oxygen atoms in total. The van der Waals surface area contributed by atoms with Crippen LogP contribution in [0.3, 0.4) is 0 Å². The van der Waals surface area contributed by atoms with E-state index in [1.807, 2.05) is 0 Å². The molecule has 0 saturated carbocycles. The van der Waals surface area contributed by atoms with Gasteiger partial charge in [0.05, 0.1) is 10.0 Å². The molecule has 8 heteroatoms. The molecule has 0 aliphatic carbocycles. The smallest absolute Gasteiger partial charge is 0.361 e. The van der Waals surface area contributed by atoms with Gasteiger partial charge in [0.1, 0.15) is 23.1 Å². The van der Waals surface area contributed by atoms with E-state index >= 15 is 0 Å². The second-order valence-electron chi connectivity index (χ2n) is 2.99. The summed E-state index contributed by atoms with van der Waals surface area (Å²) in [5, 5.41) is 8.77. The Morgan fingerprint density at radius 3 is 2.41 bits per heavy atom. The van der Waals surface area contributed by atoms with Crippen LogP contribution in [0.25, 0.3) is 0 Å². The molecule has 1 heterocycles. The number of halogens is 5. The number of nitrogens with zero attached hydrogens (tertiary/aromatic N) is 2. The van der Waals surface area contributed by atoms with E-state index in [1.54, 1.807) is 6.92 Å². The van der Waals surface area contributed by atoms with Crippen molar-refractivity contribution < 1.29 is 17.9 Å². The van der Waals surface area contributed by atoms with Crippen molar-refractivity contribution in [2.24, 2.45) is 0 Å². The minimum Gasteiger partial charge on any atom is -0.361 e. The van der Waals surface area contributed by atoms with E-state index in [1.165, 1.54) is 6.07 Å². The van der Waals surface area contributed by atoms with Crippen LogP contribution < -0.4 is 0 Å². The number of alkyl halides is 3. The molecule has 0 aliphatic heterocycles. The zero-order chi connectivity index (χ0) is 13.2. The molecule has 0 aliphatic rings. The molecule has 0 spiro atoms. The molecular weight excluding hydrogens is 369 g/mol. The summed E-state index contributed by atoms with van der Waals surface area (Å²) in [6, 6.07) is 1.53. The maximum absolute atomic E-state index is 12.8. The largest absolute Gasteiger partial charge is 0.432 e. The quantitative estimate of drug-likeness (QED) is 0.803. The number of hydrogen-bond donors (Lipinski definition) is 0. The summed E-state index contributed by atoms with van der Waals surface area (Å²) < 4.78 is 44.6. The third-order valence-electron chi connectivity index (χ3n) is 1.95. The fourth-order valence-corrected chi connectivity index (χ4v) is 2.23. The van der Waals surface area contributed by atoms with Crippen molar-refractivity contribution in [1.82, 2.24) is 4.57 Å². The number of hydrogen-bond acceptors (Lipinski definition) is 2. The van der Waals surface area contributed by atoms with Gasteiger partial charge in [0.25, 0.3) is 0 Å². The fourth-order valence-electron chi connectivity index (χ4n) is 1.26. The Labute approximate surface area is 112 Å². The summed E-state index contributed by atoms with van der Waals surface area (Å²) in [5.41, 5.74) is -1.48. The predicted molar refractivity (Wildman–Crippen MR) is 61.2 cm³/mol. The lowest BCUT2D eigenvalue weighted by Crippen LogP contribution is -2.16. The van der Waals surface area contributed by atoms with Crippen LogP contribution in [-0.2, 0) is 17.6 Å². The molecule has 0 amide bonds. The van der Waals surface area contributed by atoms with Gasteiger partial charge in [-0.25, -0.2) is 0 Å². The average molecular weight is 376 g/mol. The van der Waals surface area contributed by atoms with E-state index in [2.05, 4.69) is 31.9 Å². The van der Waals surface area contributed by atoms with Gasteiger partial charge in [-0.05, 0) is 38.8 Å². The Morgan fingerprint density at radius 2 is 2.00 bits per heavy atom. The first-order valence-electron chi connectivity index (χ1n) is 4.47. The normalized spacial score (nSPS) is 11.6. The molecule has 0 saturated heterocycles. The second kappa shape index (κ2) is 5.42. The zero-order valence-electron chi connectivity index (χ0n) is 8.61. The molecule has 0 N–H and O–H groups in total. The van der Waals surface area contributed by atoms with Gasteiger partial charge in [-0.3, -0.25) is 0 Å². The van der Waals surface area contributed by atoms with E-state index in [0.717, 1.165) is 4.57 Å². The second-order valence-corrected chi connectivity index (χ2v) is 4.53. The van der Waals surface area contributed by atoms with Gasteiger partial charge in [-0.1, -0.05) is 0 Å². The lowest BCUT2D eigenvalue weighted by atomic mass is 10.2. The van der Waals surface area contributed by atoms with Crippen LogP contribution >= 0.6 is 31.9 Å². The van der Waals surface area contributed by atoms with Crippen molar-refractivity contribution in [3.63, 3.8) is 0 Å². The summed E-state index contributed by atoms with van der Waals surface area (Å²) in [6.45, 7) is 1.68. The average Bonchev–Trinajstić information content (AvgIpc) is 2.49. The van der Waals surface area contributed by atoms with E-state index in [4.69, 9.17) is 10.00 Å². The molecular formula is C9H7Br2F3N2O. The van der Waals surface area contributed by atoms with Gasteiger partial charge in [0, 0.05) is 6.61 Å². The summed E-state index contributed by atoms with van der Waals surface area (Å²) in [5.74, 6) is 0. The van der Waals surface area contributed by atoms with Gasteiger partial charge in [-0.2, -0.15) is 18.4 Å². The van der Waals surface area contributed by atoms with Crippen molar-refractivity contribution >= 4 is 31.9 Å². The highest BCUT2D eigenvalue weighted by molar-refractivity contribution is 9.13. The number of aromatic nitrogens is 1. The zero-order valence-corrected chi connectivity index (χ0v) is 11.8. The Hall–Kier alpha value is -0.520. The van der Waals surface area contributed by atoms with Crippen molar-refractivity contribution in [1.29, 1.82) is 5.26 Å². The standard InChI is InChI=1S/C9H7Br2F3N2O/c1-2-17-4-16-7(9(12,13)14)5(3-15)6(10)8(16)11/h2,4H2,1H3. The van der Waals surface area contributed by atoms with Crippen LogP contribution in [0.5, 0.6) is 0 Å². The summed E-state index contributed by atoms with van der Waals surface area (Å²) in [6.07, 6.45) is -4.61. The first kappa shape index (κ1) is 14.5. The minimum atomic E-state index is -4.61. The van der Waals surface area contributed by atoms with Crippen LogP contribution in [-0.4, -0.2) is 11.2 Å². The summed E-state index contributed by atoms with van der Waals surface area (Å²) in [4.78, 5) is 0. The maximum Gasteiger partial charge on any atom is 0.432 e. The highest BCUT2D eigenvalue weighted by Gasteiger charge is 2.40. The molecule has 1 rings (SSSR count). The van der Waals surface area contributed by atoms with Crippen LogP contribution in [0.2, 0.25) is 0 Å². The predicted octanol–water partition coefficient (Wildman–Crippen LogP) is 3.90. The highest BCUT2D eigenvalue weighted by Crippen LogP contribution is 2.40. The van der Waals surface area contributed by atoms with Gasteiger partial charge >= 0.3 is 6.18 Å². The maximum atomic E-state index is 12.8. The Bertz CT molecular complexity index is 462. The molecule has 0 aromatic carbocycles. The van der Waals surface area contributed by atoms with E-state index in [9.17, 15) is 13.2 Å². The third kappa shape index (κ3) is 2.84. The van der Waals surface area contributed by atoms with Crippen molar-refractivity contribution in [3.8, 4) is 6.07 Å². The molecule has 1 aromatic rings. The third-order valence-corrected chi connectivity index (χ3v) is 4.08. The van der Waals surface area contributed by atoms with Crippen LogP contribution in [0, 0.1) is 11.3 Å². The van der Waals surface area contributed by atoms with Gasteiger partial charge in [0.2, 0.25) is 0 Å². The van der Waals surface area contributed by atoms with Gasteiger partial charge < -0.3 is 9.30 Å². The van der Waals surface area contributed by atoms with Crippen LogP contribution in [0.1, 0.15) is 18.2 Å². The van der Waals surface area contributed by atoms with Crippen LogP contribution in [0.15, 0.2) is 9.08 Å². The molecule has 17 heavy (non-hydrogen) atoms. The van der Waals surface area contributed by atoms with Crippen molar-refractivity contribution in [3.05, 3.63) is 20.3 Å². The SMILES string of the molecule is CCOCn1c(Br)c(Br)c(C#N)c1C(F)(F)F. The molecule has 1 aromatic heterocycles. The Morgan fingerprint density at radius 1 is 1.41 bits per heavy atom. The fraction of sp³-hybridized carbons (Fsp3) is 0.444. The number of nitriles is 1. The van der Waals surface area contributed by atoms with E-state index < -0.39 is 17.4 Å². The molecule has 94 valence electrons. The molecule has 0 fully saturated rings. The van der Waals surface area contributed by atoms with Crippen molar-refractivity contribution in [2.75, 3.05) is 6.61 Å². The lowest BCUT2D eigenvalue weighted by Gasteiger charge is -2.13. The molecule has 0 bridgehead atoms. The topological polar surface area (TPSA) is 38.0 Å². The number of rotatable bonds is 3. The van der Waals surface area contributed by atoms with Crippen molar-refractivity contribution in [2.45, 2.75) is 19.8 Å². The monoisotopic (exact) mass is 374 g/mol. The minimum absolute atomic E-state index is 0.0760. The molecule has 0 atom stereocenters. The van der Waals surface area contributed by atoms with Gasteiger partial charge in [-0.15, -0.1) is 0 Å². The Kier molecular flexibility index (Phi) is 4.63. The summed E-state index contributed by atoms with van der Waals surface area (Å²) >= 11 is 5.95. The van der Waals surface area contributed by atoms with E-state index in [-0.39, 0.29) is 22.4 Å². The lowest BCUT2D eigenvalue weighted by molar-refractivity contribution is -0.146. The van der Waals surface area contributed by atoms with E-state index in [0.29, 0.717) is 0 Å². The molecule has 0 radical (unpaired) electrons.